The van der Waals surface area contributed by atoms with Crippen molar-refractivity contribution in [3.8, 4) is 11.5 Å². The average molecular weight is 357 g/mol. The van der Waals surface area contributed by atoms with Crippen LogP contribution in [0.5, 0.6) is 0 Å². The number of aromatic nitrogens is 4. The summed E-state index contributed by atoms with van der Waals surface area (Å²) < 4.78 is 7.79. The van der Waals surface area contributed by atoms with E-state index in [1.165, 1.54) is 11.8 Å². The van der Waals surface area contributed by atoms with Gasteiger partial charge in [-0.3, -0.25) is 0 Å². The van der Waals surface area contributed by atoms with Gasteiger partial charge in [0.25, 0.3) is 5.22 Å². The summed E-state index contributed by atoms with van der Waals surface area (Å²) in [6.45, 7) is 0. The van der Waals surface area contributed by atoms with E-state index in [1.807, 2.05) is 37.4 Å². The van der Waals surface area contributed by atoms with Gasteiger partial charge in [-0.15, -0.1) is 10.2 Å². The highest BCUT2D eigenvalue weighted by molar-refractivity contribution is 7.98. The number of benzene rings is 2. The SMILES string of the molecule is Cn1c(CSc2nnc(-c3ccc(Cl)cc3)o2)nc2ccccc21. The Morgan fingerprint density at radius 3 is 2.67 bits per heavy atom. The van der Waals surface area contributed by atoms with Gasteiger partial charge in [0.1, 0.15) is 5.82 Å². The highest BCUT2D eigenvalue weighted by atomic mass is 35.5. The molecule has 0 unspecified atom stereocenters. The van der Waals surface area contributed by atoms with Crippen LogP contribution in [0.3, 0.4) is 0 Å². The Bertz CT molecular complexity index is 993. The van der Waals surface area contributed by atoms with Crippen LogP contribution < -0.4 is 0 Å². The Morgan fingerprint density at radius 1 is 1.08 bits per heavy atom. The first kappa shape index (κ1) is 15.2. The molecule has 4 rings (SSSR count). The van der Waals surface area contributed by atoms with Crippen LogP contribution in [0.15, 0.2) is 58.2 Å². The highest BCUT2D eigenvalue weighted by Crippen LogP contribution is 2.27. The Hall–Kier alpha value is -2.31. The Morgan fingerprint density at radius 2 is 1.88 bits per heavy atom. The van der Waals surface area contributed by atoms with Crippen LogP contribution >= 0.6 is 23.4 Å². The number of nitrogens with zero attached hydrogens (tertiary/aromatic N) is 4. The predicted molar refractivity (Wildman–Crippen MR) is 95.0 cm³/mol. The van der Waals surface area contributed by atoms with Gasteiger partial charge in [-0.25, -0.2) is 4.98 Å². The topological polar surface area (TPSA) is 56.7 Å². The lowest BCUT2D eigenvalue weighted by molar-refractivity contribution is 0.465. The molecule has 2 heterocycles. The lowest BCUT2D eigenvalue weighted by atomic mass is 10.2. The number of imidazole rings is 1. The van der Waals surface area contributed by atoms with E-state index in [-0.39, 0.29) is 0 Å². The summed E-state index contributed by atoms with van der Waals surface area (Å²) in [7, 11) is 2.01. The van der Waals surface area contributed by atoms with Gasteiger partial charge >= 0.3 is 0 Å². The fourth-order valence-corrected chi connectivity index (χ4v) is 3.30. The van der Waals surface area contributed by atoms with Gasteiger partial charge in [-0.05, 0) is 36.4 Å². The van der Waals surface area contributed by atoms with E-state index in [4.69, 9.17) is 16.0 Å². The predicted octanol–water partition coefficient (Wildman–Crippen LogP) is 4.57. The maximum Gasteiger partial charge on any atom is 0.277 e. The quantitative estimate of drug-likeness (QED) is 0.501. The number of halogens is 1. The molecule has 2 aromatic carbocycles. The molecule has 0 spiro atoms. The van der Waals surface area contributed by atoms with Crippen molar-refractivity contribution in [1.82, 2.24) is 19.7 Å². The van der Waals surface area contributed by atoms with E-state index >= 15 is 0 Å². The number of hydrogen-bond acceptors (Lipinski definition) is 5. The van der Waals surface area contributed by atoms with E-state index in [1.54, 1.807) is 12.1 Å². The maximum atomic E-state index is 5.89. The molecule has 0 N–H and O–H groups in total. The Balaban J connectivity index is 1.51. The van der Waals surface area contributed by atoms with Crippen molar-refractivity contribution in [3.63, 3.8) is 0 Å². The van der Waals surface area contributed by atoms with Gasteiger partial charge in [0.05, 0.1) is 16.8 Å². The molecule has 120 valence electrons. The molecule has 2 aromatic heterocycles. The standard InChI is InChI=1S/C17H13ClN4OS/c1-22-14-5-3-2-4-13(14)19-15(22)10-24-17-21-20-16(23-17)11-6-8-12(18)9-7-11/h2-9H,10H2,1H3. The molecule has 24 heavy (non-hydrogen) atoms. The molecule has 0 fully saturated rings. The molecule has 0 aliphatic rings. The largest absolute Gasteiger partial charge is 0.411 e. The molecule has 0 aliphatic heterocycles. The zero-order valence-corrected chi connectivity index (χ0v) is 14.4. The number of aryl methyl sites for hydroxylation is 1. The van der Waals surface area contributed by atoms with Crippen molar-refractivity contribution in [2.45, 2.75) is 11.0 Å². The van der Waals surface area contributed by atoms with Crippen LogP contribution in [0.4, 0.5) is 0 Å². The first-order valence-electron chi connectivity index (χ1n) is 7.33. The van der Waals surface area contributed by atoms with E-state index < -0.39 is 0 Å². The number of hydrogen-bond donors (Lipinski definition) is 0. The summed E-state index contributed by atoms with van der Waals surface area (Å²) in [6.07, 6.45) is 0. The van der Waals surface area contributed by atoms with E-state index in [2.05, 4.69) is 25.8 Å². The van der Waals surface area contributed by atoms with Crippen molar-refractivity contribution < 1.29 is 4.42 Å². The molecule has 5 nitrogen and oxygen atoms in total. The Kier molecular flexibility index (Phi) is 4.00. The fraction of sp³-hybridized carbons (Fsp3) is 0.118. The summed E-state index contributed by atoms with van der Waals surface area (Å²) in [4.78, 5) is 4.64. The summed E-state index contributed by atoms with van der Waals surface area (Å²) in [5.41, 5.74) is 2.95. The minimum Gasteiger partial charge on any atom is -0.411 e. The van der Waals surface area contributed by atoms with Gasteiger partial charge in [0.2, 0.25) is 5.89 Å². The van der Waals surface area contributed by atoms with Gasteiger partial charge in [0, 0.05) is 17.6 Å². The molecule has 0 radical (unpaired) electrons. The van der Waals surface area contributed by atoms with Crippen molar-refractivity contribution in [2.75, 3.05) is 0 Å². The van der Waals surface area contributed by atoms with Gasteiger partial charge in [-0.1, -0.05) is 35.5 Å². The molecular formula is C17H13ClN4OS. The summed E-state index contributed by atoms with van der Waals surface area (Å²) in [5, 5.41) is 9.37. The minimum atomic E-state index is 0.485. The molecular weight excluding hydrogens is 344 g/mol. The third-order valence-electron chi connectivity index (χ3n) is 3.70. The third-order valence-corrected chi connectivity index (χ3v) is 4.77. The van der Waals surface area contributed by atoms with E-state index in [0.29, 0.717) is 21.9 Å². The van der Waals surface area contributed by atoms with Crippen LogP contribution in [-0.4, -0.2) is 19.7 Å². The summed E-state index contributed by atoms with van der Waals surface area (Å²) in [6, 6.07) is 15.4. The number of rotatable bonds is 4. The van der Waals surface area contributed by atoms with Gasteiger partial charge in [-0.2, -0.15) is 0 Å². The molecule has 7 heteroatoms. The van der Waals surface area contributed by atoms with E-state index in [9.17, 15) is 0 Å². The monoisotopic (exact) mass is 356 g/mol. The van der Waals surface area contributed by atoms with Crippen molar-refractivity contribution in [1.29, 1.82) is 0 Å². The molecule has 0 bridgehead atoms. The summed E-state index contributed by atoms with van der Waals surface area (Å²) >= 11 is 7.36. The molecule has 0 amide bonds. The second-order valence-corrected chi connectivity index (χ2v) is 6.61. The second kappa shape index (κ2) is 6.30. The normalized spacial score (nSPS) is 11.2. The number of fused-ring (bicyclic) bond motifs is 1. The minimum absolute atomic E-state index is 0.485. The first-order valence-corrected chi connectivity index (χ1v) is 8.69. The third kappa shape index (κ3) is 2.90. The lowest BCUT2D eigenvalue weighted by Crippen LogP contribution is -1.95. The second-order valence-electron chi connectivity index (χ2n) is 5.24. The van der Waals surface area contributed by atoms with Crippen molar-refractivity contribution in [2.24, 2.45) is 7.05 Å². The molecule has 0 saturated heterocycles. The van der Waals surface area contributed by atoms with Crippen LogP contribution in [0, 0.1) is 0 Å². The van der Waals surface area contributed by atoms with Crippen molar-refractivity contribution in [3.05, 3.63) is 59.4 Å². The number of para-hydroxylation sites is 2. The summed E-state index contributed by atoms with van der Waals surface area (Å²) in [5.74, 6) is 2.11. The first-order chi connectivity index (χ1) is 11.7. The molecule has 0 aliphatic carbocycles. The van der Waals surface area contributed by atoms with Crippen molar-refractivity contribution >= 4 is 34.4 Å². The van der Waals surface area contributed by atoms with Gasteiger partial charge < -0.3 is 8.98 Å². The molecule has 0 saturated carbocycles. The highest BCUT2D eigenvalue weighted by Gasteiger charge is 2.12. The molecule has 0 atom stereocenters. The van der Waals surface area contributed by atoms with Crippen LogP contribution in [0.25, 0.3) is 22.5 Å². The zero-order valence-electron chi connectivity index (χ0n) is 12.8. The lowest BCUT2D eigenvalue weighted by Gasteiger charge is -1.99. The van der Waals surface area contributed by atoms with E-state index in [0.717, 1.165) is 22.4 Å². The Labute approximate surface area is 147 Å². The smallest absolute Gasteiger partial charge is 0.277 e. The number of thioether (sulfide) groups is 1. The fourth-order valence-electron chi connectivity index (χ4n) is 2.43. The van der Waals surface area contributed by atoms with Gasteiger partial charge in [0.15, 0.2) is 0 Å². The van der Waals surface area contributed by atoms with Crippen LogP contribution in [0.2, 0.25) is 5.02 Å². The zero-order chi connectivity index (χ0) is 16.5. The molecule has 4 aromatic rings. The van der Waals surface area contributed by atoms with Crippen LogP contribution in [-0.2, 0) is 12.8 Å². The maximum absolute atomic E-state index is 5.89. The average Bonchev–Trinajstić information content (AvgIpc) is 3.19. The van der Waals surface area contributed by atoms with Crippen LogP contribution in [0.1, 0.15) is 5.82 Å².